The molecule has 0 saturated heterocycles. The Bertz CT molecular complexity index is 852. The molecule has 0 radical (unpaired) electrons. The maximum Gasteiger partial charge on any atom is 0.196 e. The fourth-order valence-corrected chi connectivity index (χ4v) is 3.85. The molecule has 3 aromatic rings. The lowest BCUT2D eigenvalue weighted by molar-refractivity contribution is 0.298. The molecule has 0 amide bonds. The fourth-order valence-electron chi connectivity index (χ4n) is 2.66. The number of hydrogen-bond donors (Lipinski definition) is 2. The SMILES string of the molecule is O=c1c2ccccc2sc2cc(CCO)cc(CCO)c12. The fraction of sp³-hybridized carbons (Fsp3) is 0.235. The van der Waals surface area contributed by atoms with Crippen LogP contribution in [0.25, 0.3) is 20.2 Å². The van der Waals surface area contributed by atoms with Crippen LogP contribution in [-0.2, 0) is 12.8 Å². The Morgan fingerprint density at radius 2 is 1.71 bits per heavy atom. The van der Waals surface area contributed by atoms with Crippen LogP contribution in [-0.4, -0.2) is 23.4 Å². The van der Waals surface area contributed by atoms with Gasteiger partial charge in [0, 0.05) is 33.4 Å². The Balaban J connectivity index is 2.40. The van der Waals surface area contributed by atoms with Gasteiger partial charge in [-0.3, -0.25) is 4.79 Å². The molecular formula is C17H16O3S. The zero-order valence-electron chi connectivity index (χ0n) is 11.5. The monoisotopic (exact) mass is 300 g/mol. The molecule has 0 aliphatic heterocycles. The molecule has 1 aromatic heterocycles. The van der Waals surface area contributed by atoms with Gasteiger partial charge in [0.15, 0.2) is 5.43 Å². The molecule has 21 heavy (non-hydrogen) atoms. The van der Waals surface area contributed by atoms with Crippen LogP contribution in [0.2, 0.25) is 0 Å². The van der Waals surface area contributed by atoms with Gasteiger partial charge >= 0.3 is 0 Å². The van der Waals surface area contributed by atoms with Gasteiger partial charge in [0.2, 0.25) is 0 Å². The van der Waals surface area contributed by atoms with Crippen molar-refractivity contribution in [2.75, 3.05) is 13.2 Å². The smallest absolute Gasteiger partial charge is 0.196 e. The molecule has 2 aromatic carbocycles. The summed E-state index contributed by atoms with van der Waals surface area (Å²) in [7, 11) is 0. The normalized spacial score (nSPS) is 11.3. The second kappa shape index (κ2) is 5.93. The summed E-state index contributed by atoms with van der Waals surface area (Å²) < 4.78 is 1.89. The number of rotatable bonds is 4. The first-order chi connectivity index (χ1) is 10.2. The van der Waals surface area contributed by atoms with Crippen LogP contribution < -0.4 is 5.43 Å². The third-order valence-electron chi connectivity index (χ3n) is 3.60. The largest absolute Gasteiger partial charge is 0.396 e. The van der Waals surface area contributed by atoms with Crippen molar-refractivity contribution in [1.29, 1.82) is 0 Å². The molecule has 0 fully saturated rings. The van der Waals surface area contributed by atoms with Gasteiger partial charge in [0.05, 0.1) is 0 Å². The first kappa shape index (κ1) is 14.2. The highest BCUT2D eigenvalue weighted by Crippen LogP contribution is 2.28. The van der Waals surface area contributed by atoms with E-state index in [0.717, 1.165) is 25.9 Å². The van der Waals surface area contributed by atoms with Gasteiger partial charge in [-0.1, -0.05) is 18.2 Å². The van der Waals surface area contributed by atoms with Crippen molar-refractivity contribution in [1.82, 2.24) is 0 Å². The molecule has 0 atom stereocenters. The molecule has 4 heteroatoms. The van der Waals surface area contributed by atoms with Gasteiger partial charge in [-0.05, 0) is 42.2 Å². The standard InChI is InChI=1S/C17H16O3S/c18-7-5-11-9-12(6-8-19)16-15(10-11)21-14-4-2-1-3-13(14)17(16)20/h1-4,9-10,18-19H,5-8H2. The molecular weight excluding hydrogens is 284 g/mol. The van der Waals surface area contributed by atoms with E-state index in [0.29, 0.717) is 18.2 Å². The summed E-state index contributed by atoms with van der Waals surface area (Å²) in [5, 5.41) is 19.8. The van der Waals surface area contributed by atoms with Crippen LogP contribution in [0.5, 0.6) is 0 Å². The van der Waals surface area contributed by atoms with E-state index in [2.05, 4.69) is 0 Å². The summed E-state index contributed by atoms with van der Waals surface area (Å²) in [6.45, 7) is 0.0845. The Hall–Kier alpha value is -1.75. The Morgan fingerprint density at radius 1 is 0.952 bits per heavy atom. The quantitative estimate of drug-likeness (QED) is 0.728. The summed E-state index contributed by atoms with van der Waals surface area (Å²) in [5.74, 6) is 0. The Labute approximate surface area is 126 Å². The molecule has 3 rings (SSSR count). The predicted octanol–water partition coefficient (Wildman–Crippen LogP) is 2.48. The van der Waals surface area contributed by atoms with Gasteiger partial charge < -0.3 is 10.2 Å². The molecule has 2 N–H and O–H groups in total. The van der Waals surface area contributed by atoms with Crippen molar-refractivity contribution in [3.63, 3.8) is 0 Å². The third-order valence-corrected chi connectivity index (χ3v) is 4.72. The van der Waals surface area contributed by atoms with Crippen molar-refractivity contribution < 1.29 is 10.2 Å². The summed E-state index contributed by atoms with van der Waals surface area (Å²) in [5.41, 5.74) is 1.89. The van der Waals surface area contributed by atoms with Gasteiger partial charge in [0.25, 0.3) is 0 Å². The molecule has 108 valence electrons. The zero-order chi connectivity index (χ0) is 14.8. The first-order valence-corrected chi connectivity index (χ1v) is 7.75. The maximum atomic E-state index is 12.7. The van der Waals surface area contributed by atoms with E-state index in [-0.39, 0.29) is 18.6 Å². The summed E-state index contributed by atoms with van der Waals surface area (Å²) in [6.07, 6.45) is 1.01. The number of aliphatic hydroxyl groups excluding tert-OH is 2. The van der Waals surface area contributed by atoms with Crippen molar-refractivity contribution in [3.05, 3.63) is 57.7 Å². The number of aliphatic hydroxyl groups is 2. The predicted molar refractivity (Wildman–Crippen MR) is 87.2 cm³/mol. The molecule has 0 unspecified atom stereocenters. The van der Waals surface area contributed by atoms with Crippen molar-refractivity contribution in [3.8, 4) is 0 Å². The van der Waals surface area contributed by atoms with E-state index < -0.39 is 0 Å². The summed E-state index contributed by atoms with van der Waals surface area (Å²) in [4.78, 5) is 12.7. The zero-order valence-corrected chi connectivity index (χ0v) is 12.3. The molecule has 0 spiro atoms. The average Bonchev–Trinajstić information content (AvgIpc) is 2.48. The van der Waals surface area contributed by atoms with E-state index in [1.165, 1.54) is 0 Å². The van der Waals surface area contributed by atoms with E-state index in [1.54, 1.807) is 11.3 Å². The van der Waals surface area contributed by atoms with Crippen LogP contribution in [0.4, 0.5) is 0 Å². The van der Waals surface area contributed by atoms with E-state index >= 15 is 0 Å². The van der Waals surface area contributed by atoms with Crippen LogP contribution >= 0.6 is 11.3 Å². The summed E-state index contributed by atoms with van der Waals surface area (Å²) >= 11 is 1.58. The van der Waals surface area contributed by atoms with Crippen LogP contribution in [0.1, 0.15) is 11.1 Å². The van der Waals surface area contributed by atoms with Gasteiger partial charge in [0.1, 0.15) is 0 Å². The van der Waals surface area contributed by atoms with Gasteiger partial charge in [-0.2, -0.15) is 0 Å². The third kappa shape index (κ3) is 2.58. The minimum Gasteiger partial charge on any atom is -0.396 e. The van der Waals surface area contributed by atoms with E-state index in [4.69, 9.17) is 5.11 Å². The lowest BCUT2D eigenvalue weighted by atomic mass is 10.0. The van der Waals surface area contributed by atoms with Gasteiger partial charge in [-0.25, -0.2) is 0 Å². The highest BCUT2D eigenvalue weighted by atomic mass is 32.1. The Morgan fingerprint density at radius 3 is 2.48 bits per heavy atom. The minimum atomic E-state index is 0.00854. The van der Waals surface area contributed by atoms with Crippen molar-refractivity contribution in [2.24, 2.45) is 0 Å². The molecule has 3 nitrogen and oxygen atoms in total. The van der Waals surface area contributed by atoms with Crippen LogP contribution in [0.3, 0.4) is 0 Å². The molecule has 0 saturated carbocycles. The highest BCUT2D eigenvalue weighted by molar-refractivity contribution is 7.24. The van der Waals surface area contributed by atoms with Crippen molar-refractivity contribution in [2.45, 2.75) is 12.8 Å². The molecule has 1 heterocycles. The van der Waals surface area contributed by atoms with E-state index in [1.807, 2.05) is 36.4 Å². The molecule has 0 bridgehead atoms. The lowest BCUT2D eigenvalue weighted by Gasteiger charge is -2.09. The average molecular weight is 300 g/mol. The second-order valence-corrected chi connectivity index (χ2v) is 6.09. The highest BCUT2D eigenvalue weighted by Gasteiger charge is 2.11. The minimum absolute atomic E-state index is 0.00854. The summed E-state index contributed by atoms with van der Waals surface area (Å²) in [6, 6.07) is 11.5. The second-order valence-electron chi connectivity index (χ2n) is 5.00. The van der Waals surface area contributed by atoms with E-state index in [9.17, 15) is 9.90 Å². The van der Waals surface area contributed by atoms with Crippen molar-refractivity contribution >= 4 is 31.5 Å². The van der Waals surface area contributed by atoms with Gasteiger partial charge in [-0.15, -0.1) is 11.3 Å². The molecule has 0 aliphatic rings. The first-order valence-electron chi connectivity index (χ1n) is 6.93. The Kier molecular flexibility index (Phi) is 4.01. The topological polar surface area (TPSA) is 57.5 Å². The van der Waals surface area contributed by atoms with Crippen LogP contribution in [0.15, 0.2) is 41.2 Å². The molecule has 0 aliphatic carbocycles. The number of fused-ring (bicyclic) bond motifs is 2. The maximum absolute atomic E-state index is 12.7. The lowest BCUT2D eigenvalue weighted by Crippen LogP contribution is -2.07. The van der Waals surface area contributed by atoms with Crippen LogP contribution in [0, 0.1) is 0 Å². The number of hydrogen-bond acceptors (Lipinski definition) is 4. The number of benzene rings is 2.